The Morgan fingerprint density at radius 2 is 2.38 bits per heavy atom. The number of rotatable bonds is 3. The van der Waals surface area contributed by atoms with Gasteiger partial charge >= 0.3 is 0 Å². The highest BCUT2D eigenvalue weighted by Gasteiger charge is 1.98. The first-order chi connectivity index (χ1) is 6.24. The SMILES string of the molecule is CNCC=Cc1cc(C)cnc1F. The predicted octanol–water partition coefficient (Wildman–Crippen LogP) is 1.76. The van der Waals surface area contributed by atoms with Crippen LogP contribution in [0.4, 0.5) is 4.39 Å². The first kappa shape index (κ1) is 9.86. The summed E-state index contributed by atoms with van der Waals surface area (Å²) in [5, 5.41) is 2.94. The van der Waals surface area contributed by atoms with Crippen molar-refractivity contribution >= 4 is 6.08 Å². The summed E-state index contributed by atoms with van der Waals surface area (Å²) in [6, 6.07) is 1.77. The number of nitrogens with zero attached hydrogens (tertiary/aromatic N) is 1. The van der Waals surface area contributed by atoms with E-state index in [9.17, 15) is 4.39 Å². The lowest BCUT2D eigenvalue weighted by Gasteiger charge is -1.97. The van der Waals surface area contributed by atoms with E-state index in [1.807, 2.05) is 20.0 Å². The summed E-state index contributed by atoms with van der Waals surface area (Å²) in [5.74, 6) is -0.419. The molecular formula is C10H13FN2. The van der Waals surface area contributed by atoms with Crippen LogP contribution in [0.2, 0.25) is 0 Å². The fourth-order valence-corrected chi connectivity index (χ4v) is 0.996. The van der Waals surface area contributed by atoms with Crippen molar-refractivity contribution in [2.45, 2.75) is 6.92 Å². The molecule has 2 nitrogen and oxygen atoms in total. The zero-order chi connectivity index (χ0) is 9.68. The van der Waals surface area contributed by atoms with Crippen molar-refractivity contribution in [3.63, 3.8) is 0 Å². The highest BCUT2D eigenvalue weighted by atomic mass is 19.1. The van der Waals surface area contributed by atoms with Gasteiger partial charge in [0.15, 0.2) is 0 Å². The predicted molar refractivity (Wildman–Crippen MR) is 51.9 cm³/mol. The van der Waals surface area contributed by atoms with E-state index in [2.05, 4.69) is 10.3 Å². The maximum absolute atomic E-state index is 13.0. The van der Waals surface area contributed by atoms with Crippen LogP contribution in [0, 0.1) is 12.9 Å². The maximum Gasteiger partial charge on any atom is 0.220 e. The highest BCUT2D eigenvalue weighted by Crippen LogP contribution is 2.08. The fraction of sp³-hybridized carbons (Fsp3) is 0.300. The standard InChI is InChI=1S/C10H13FN2/c1-8-6-9(4-3-5-12-2)10(11)13-7-8/h3-4,6-7,12H,5H2,1-2H3. The lowest BCUT2D eigenvalue weighted by atomic mass is 10.2. The average molecular weight is 180 g/mol. The third kappa shape index (κ3) is 2.95. The Balaban J connectivity index is 2.81. The minimum absolute atomic E-state index is 0.419. The molecule has 1 aromatic heterocycles. The maximum atomic E-state index is 13.0. The Hall–Kier alpha value is -1.22. The molecule has 0 amide bonds. The normalized spacial score (nSPS) is 11.0. The number of hydrogen-bond donors (Lipinski definition) is 1. The van der Waals surface area contributed by atoms with E-state index in [1.54, 1.807) is 12.1 Å². The molecule has 0 aliphatic carbocycles. The van der Waals surface area contributed by atoms with E-state index in [-0.39, 0.29) is 0 Å². The molecule has 1 heterocycles. The van der Waals surface area contributed by atoms with Gasteiger partial charge in [-0.25, -0.2) is 4.98 Å². The van der Waals surface area contributed by atoms with Gasteiger partial charge in [-0.3, -0.25) is 0 Å². The minimum atomic E-state index is -0.419. The zero-order valence-electron chi connectivity index (χ0n) is 7.84. The van der Waals surface area contributed by atoms with Crippen molar-refractivity contribution in [1.82, 2.24) is 10.3 Å². The molecule has 0 fully saturated rings. The van der Waals surface area contributed by atoms with Crippen molar-refractivity contribution in [1.29, 1.82) is 0 Å². The molecule has 0 bridgehead atoms. The summed E-state index contributed by atoms with van der Waals surface area (Å²) in [6.07, 6.45) is 5.11. The Labute approximate surface area is 77.5 Å². The van der Waals surface area contributed by atoms with E-state index >= 15 is 0 Å². The molecule has 0 aromatic carbocycles. The van der Waals surface area contributed by atoms with Crippen LogP contribution in [0.3, 0.4) is 0 Å². The number of nitrogens with one attached hydrogen (secondary N) is 1. The number of halogens is 1. The van der Waals surface area contributed by atoms with Gasteiger partial charge in [0.2, 0.25) is 5.95 Å². The van der Waals surface area contributed by atoms with Crippen molar-refractivity contribution < 1.29 is 4.39 Å². The molecule has 0 aliphatic heterocycles. The Morgan fingerprint density at radius 1 is 1.62 bits per heavy atom. The zero-order valence-corrected chi connectivity index (χ0v) is 7.84. The third-order valence-corrected chi connectivity index (χ3v) is 1.62. The van der Waals surface area contributed by atoms with E-state index in [1.165, 1.54) is 6.20 Å². The monoisotopic (exact) mass is 180 g/mol. The molecule has 1 aromatic rings. The average Bonchev–Trinajstić information content (AvgIpc) is 2.11. The van der Waals surface area contributed by atoms with Crippen molar-refractivity contribution in [3.8, 4) is 0 Å². The molecule has 0 radical (unpaired) electrons. The molecule has 0 saturated carbocycles. The fourth-order valence-electron chi connectivity index (χ4n) is 0.996. The first-order valence-electron chi connectivity index (χ1n) is 4.17. The van der Waals surface area contributed by atoms with Crippen LogP contribution in [-0.4, -0.2) is 18.6 Å². The molecule has 13 heavy (non-hydrogen) atoms. The van der Waals surface area contributed by atoms with Gasteiger partial charge in [-0.15, -0.1) is 0 Å². The van der Waals surface area contributed by atoms with E-state index in [0.29, 0.717) is 5.56 Å². The van der Waals surface area contributed by atoms with Crippen molar-refractivity contribution in [2.75, 3.05) is 13.6 Å². The molecule has 0 atom stereocenters. The van der Waals surface area contributed by atoms with Crippen LogP contribution in [0.15, 0.2) is 18.3 Å². The van der Waals surface area contributed by atoms with Crippen LogP contribution < -0.4 is 5.32 Å². The number of aromatic nitrogens is 1. The second-order valence-corrected chi connectivity index (χ2v) is 2.85. The number of pyridine rings is 1. The first-order valence-corrected chi connectivity index (χ1v) is 4.17. The van der Waals surface area contributed by atoms with E-state index in [0.717, 1.165) is 12.1 Å². The summed E-state index contributed by atoms with van der Waals surface area (Å²) in [4.78, 5) is 3.62. The lowest BCUT2D eigenvalue weighted by molar-refractivity contribution is 0.580. The van der Waals surface area contributed by atoms with Gasteiger partial charge in [-0.1, -0.05) is 12.2 Å². The largest absolute Gasteiger partial charge is 0.316 e. The van der Waals surface area contributed by atoms with Gasteiger partial charge in [0, 0.05) is 18.3 Å². The van der Waals surface area contributed by atoms with Gasteiger partial charge in [0.1, 0.15) is 0 Å². The molecule has 1 N–H and O–H groups in total. The van der Waals surface area contributed by atoms with Crippen LogP contribution in [0.5, 0.6) is 0 Å². The molecular weight excluding hydrogens is 167 g/mol. The Bertz CT molecular complexity index is 308. The summed E-state index contributed by atoms with van der Waals surface area (Å²) < 4.78 is 13.0. The second-order valence-electron chi connectivity index (χ2n) is 2.85. The topological polar surface area (TPSA) is 24.9 Å². The van der Waals surface area contributed by atoms with Crippen LogP contribution in [0.1, 0.15) is 11.1 Å². The Morgan fingerprint density at radius 3 is 3.08 bits per heavy atom. The number of aryl methyl sites for hydroxylation is 1. The highest BCUT2D eigenvalue weighted by molar-refractivity contribution is 5.49. The summed E-state index contributed by atoms with van der Waals surface area (Å²) in [5.41, 5.74) is 1.50. The van der Waals surface area contributed by atoms with Crippen molar-refractivity contribution in [3.05, 3.63) is 35.4 Å². The summed E-state index contributed by atoms with van der Waals surface area (Å²) in [7, 11) is 1.84. The van der Waals surface area contributed by atoms with E-state index in [4.69, 9.17) is 0 Å². The summed E-state index contributed by atoms with van der Waals surface area (Å²) in [6.45, 7) is 2.62. The van der Waals surface area contributed by atoms with Crippen LogP contribution in [0.25, 0.3) is 6.08 Å². The smallest absolute Gasteiger partial charge is 0.220 e. The second kappa shape index (κ2) is 4.72. The molecule has 0 spiro atoms. The number of likely N-dealkylation sites (N-methyl/N-ethyl adjacent to an activating group) is 1. The lowest BCUT2D eigenvalue weighted by Crippen LogP contribution is -2.03. The third-order valence-electron chi connectivity index (χ3n) is 1.62. The van der Waals surface area contributed by atoms with Gasteiger partial charge in [-0.05, 0) is 25.6 Å². The van der Waals surface area contributed by atoms with Crippen LogP contribution >= 0.6 is 0 Å². The van der Waals surface area contributed by atoms with Crippen LogP contribution in [-0.2, 0) is 0 Å². The minimum Gasteiger partial charge on any atom is -0.316 e. The molecule has 0 saturated heterocycles. The van der Waals surface area contributed by atoms with Gasteiger partial charge < -0.3 is 5.32 Å². The quantitative estimate of drug-likeness (QED) is 0.717. The Kier molecular flexibility index (Phi) is 3.58. The van der Waals surface area contributed by atoms with Gasteiger partial charge in [0.05, 0.1) is 0 Å². The molecule has 70 valence electrons. The van der Waals surface area contributed by atoms with Gasteiger partial charge in [0.25, 0.3) is 0 Å². The molecule has 1 rings (SSSR count). The molecule has 3 heteroatoms. The van der Waals surface area contributed by atoms with Gasteiger partial charge in [-0.2, -0.15) is 4.39 Å². The van der Waals surface area contributed by atoms with Crippen molar-refractivity contribution in [2.24, 2.45) is 0 Å². The molecule has 0 aliphatic rings. The van der Waals surface area contributed by atoms with E-state index < -0.39 is 5.95 Å². The molecule has 0 unspecified atom stereocenters. The number of hydrogen-bond acceptors (Lipinski definition) is 2. The summed E-state index contributed by atoms with van der Waals surface area (Å²) >= 11 is 0.